The Morgan fingerprint density at radius 3 is 2.44 bits per heavy atom. The molecule has 0 fully saturated rings. The molecule has 2 unspecified atom stereocenters. The second kappa shape index (κ2) is 4.95. The molecule has 1 aromatic rings. The zero-order valence-corrected chi connectivity index (χ0v) is 10.7. The number of hydrazine groups is 1. The highest BCUT2D eigenvalue weighted by atomic mass is 16.5. The van der Waals surface area contributed by atoms with Crippen molar-refractivity contribution in [2.45, 2.75) is 32.9 Å². The molecule has 1 rings (SSSR count). The minimum Gasteiger partial charge on any atom is -0.379 e. The average Bonchev–Trinajstić information content (AvgIpc) is 2.58. The minimum absolute atomic E-state index is 0.0106. The van der Waals surface area contributed by atoms with E-state index in [2.05, 4.69) is 31.3 Å². The van der Waals surface area contributed by atoms with Crippen LogP contribution in [-0.2, 0) is 11.8 Å². The first kappa shape index (κ1) is 13.2. The molecule has 1 aromatic heterocycles. The zero-order valence-electron chi connectivity index (χ0n) is 10.7. The van der Waals surface area contributed by atoms with Gasteiger partial charge in [0.15, 0.2) is 0 Å². The lowest BCUT2D eigenvalue weighted by molar-refractivity contribution is -0.0131. The molecule has 0 aliphatic rings. The van der Waals surface area contributed by atoms with Crippen LogP contribution in [0.15, 0.2) is 12.3 Å². The molecular formula is C11H22N4O. The van der Waals surface area contributed by atoms with Crippen LogP contribution < -0.4 is 11.3 Å². The predicted octanol–water partition coefficient (Wildman–Crippen LogP) is 0.986. The molecule has 0 bridgehead atoms. The molecule has 0 aromatic carbocycles. The lowest BCUT2D eigenvalue weighted by atomic mass is 9.83. The predicted molar refractivity (Wildman–Crippen MR) is 63.5 cm³/mol. The first-order chi connectivity index (χ1) is 7.40. The van der Waals surface area contributed by atoms with Gasteiger partial charge in [-0.3, -0.25) is 10.5 Å². The fraction of sp³-hybridized carbons (Fsp3) is 0.727. The third-order valence-corrected chi connectivity index (χ3v) is 2.64. The van der Waals surface area contributed by atoms with Crippen molar-refractivity contribution < 1.29 is 4.74 Å². The van der Waals surface area contributed by atoms with Crippen molar-refractivity contribution in [3.8, 4) is 0 Å². The summed E-state index contributed by atoms with van der Waals surface area (Å²) in [4.78, 5) is 0. The molecule has 3 N–H and O–H groups in total. The van der Waals surface area contributed by atoms with Crippen LogP contribution in [0.3, 0.4) is 0 Å². The molecule has 16 heavy (non-hydrogen) atoms. The van der Waals surface area contributed by atoms with E-state index in [1.165, 1.54) is 0 Å². The van der Waals surface area contributed by atoms with E-state index in [-0.39, 0.29) is 17.6 Å². The van der Waals surface area contributed by atoms with Gasteiger partial charge in [0.05, 0.1) is 17.8 Å². The molecule has 0 aliphatic carbocycles. The monoisotopic (exact) mass is 226 g/mol. The van der Waals surface area contributed by atoms with Crippen molar-refractivity contribution in [3.05, 3.63) is 18.0 Å². The van der Waals surface area contributed by atoms with Crippen molar-refractivity contribution in [2.75, 3.05) is 7.11 Å². The van der Waals surface area contributed by atoms with E-state index in [4.69, 9.17) is 10.6 Å². The van der Waals surface area contributed by atoms with E-state index < -0.39 is 0 Å². The van der Waals surface area contributed by atoms with Crippen LogP contribution in [0.2, 0.25) is 0 Å². The number of aryl methyl sites for hydroxylation is 1. The van der Waals surface area contributed by atoms with Crippen molar-refractivity contribution >= 4 is 0 Å². The third kappa shape index (κ3) is 2.81. The molecule has 0 radical (unpaired) electrons. The number of hydrogen-bond donors (Lipinski definition) is 2. The molecule has 5 nitrogen and oxygen atoms in total. The van der Waals surface area contributed by atoms with Crippen molar-refractivity contribution in [3.63, 3.8) is 0 Å². The van der Waals surface area contributed by atoms with Crippen LogP contribution in [0, 0.1) is 5.41 Å². The van der Waals surface area contributed by atoms with Crippen LogP contribution in [0.4, 0.5) is 0 Å². The maximum atomic E-state index is 5.61. The molecule has 0 saturated heterocycles. The van der Waals surface area contributed by atoms with Crippen LogP contribution in [-0.4, -0.2) is 23.0 Å². The van der Waals surface area contributed by atoms with Crippen LogP contribution in [0.1, 0.15) is 32.5 Å². The summed E-state index contributed by atoms with van der Waals surface area (Å²) in [6.07, 6.45) is 1.86. The Labute approximate surface area is 96.9 Å². The fourth-order valence-corrected chi connectivity index (χ4v) is 1.92. The summed E-state index contributed by atoms with van der Waals surface area (Å²) < 4.78 is 7.30. The Morgan fingerprint density at radius 1 is 1.50 bits per heavy atom. The lowest BCUT2D eigenvalue weighted by Gasteiger charge is -2.34. The summed E-state index contributed by atoms with van der Waals surface area (Å²) >= 11 is 0. The quantitative estimate of drug-likeness (QED) is 0.593. The van der Waals surface area contributed by atoms with E-state index >= 15 is 0 Å². The summed E-state index contributed by atoms with van der Waals surface area (Å²) in [5.41, 5.74) is 3.67. The van der Waals surface area contributed by atoms with Gasteiger partial charge in [-0.15, -0.1) is 0 Å². The van der Waals surface area contributed by atoms with Gasteiger partial charge in [-0.25, -0.2) is 5.43 Å². The van der Waals surface area contributed by atoms with Gasteiger partial charge in [0, 0.05) is 20.4 Å². The number of nitrogens with one attached hydrogen (secondary N) is 1. The molecule has 0 amide bonds. The second-order valence-electron chi connectivity index (χ2n) is 5.08. The number of aromatic nitrogens is 2. The van der Waals surface area contributed by atoms with Gasteiger partial charge in [0.25, 0.3) is 0 Å². The number of ether oxygens (including phenoxy) is 1. The Bertz CT molecular complexity index is 329. The second-order valence-corrected chi connectivity index (χ2v) is 5.08. The summed E-state index contributed by atoms with van der Waals surface area (Å²) in [5.74, 6) is 5.61. The highest BCUT2D eigenvalue weighted by Gasteiger charge is 2.34. The molecule has 2 atom stereocenters. The number of nitrogens with zero attached hydrogens (tertiary/aromatic N) is 2. The van der Waals surface area contributed by atoms with Crippen LogP contribution in [0.25, 0.3) is 0 Å². The summed E-state index contributed by atoms with van der Waals surface area (Å²) in [5, 5.41) is 4.36. The Kier molecular flexibility index (Phi) is 4.07. The largest absolute Gasteiger partial charge is 0.379 e. The van der Waals surface area contributed by atoms with Crippen molar-refractivity contribution in [1.29, 1.82) is 0 Å². The van der Waals surface area contributed by atoms with E-state index in [1.807, 2.05) is 19.3 Å². The molecular weight excluding hydrogens is 204 g/mol. The van der Waals surface area contributed by atoms with Gasteiger partial charge in [-0.1, -0.05) is 20.8 Å². The highest BCUT2D eigenvalue weighted by molar-refractivity contribution is 5.09. The topological polar surface area (TPSA) is 65.1 Å². The van der Waals surface area contributed by atoms with E-state index in [1.54, 1.807) is 11.8 Å². The number of rotatable bonds is 4. The summed E-state index contributed by atoms with van der Waals surface area (Å²) in [7, 11) is 3.58. The van der Waals surface area contributed by atoms with E-state index in [0.717, 1.165) is 5.69 Å². The fourth-order valence-electron chi connectivity index (χ4n) is 1.92. The van der Waals surface area contributed by atoms with Crippen LogP contribution >= 0.6 is 0 Å². The van der Waals surface area contributed by atoms with Gasteiger partial charge >= 0.3 is 0 Å². The molecule has 1 heterocycles. The normalized spacial score (nSPS) is 16.1. The molecule has 0 saturated carbocycles. The van der Waals surface area contributed by atoms with E-state index in [9.17, 15) is 0 Å². The number of methoxy groups -OCH3 is 1. The Hall–Kier alpha value is -0.910. The SMILES string of the molecule is COC(C(NN)c1ccn(C)n1)C(C)(C)C. The molecule has 92 valence electrons. The summed E-state index contributed by atoms with van der Waals surface area (Å²) in [6.45, 7) is 6.36. The van der Waals surface area contributed by atoms with Gasteiger partial charge in [-0.2, -0.15) is 5.10 Å². The summed E-state index contributed by atoms with van der Waals surface area (Å²) in [6, 6.07) is 1.84. The zero-order chi connectivity index (χ0) is 12.3. The number of hydrogen-bond acceptors (Lipinski definition) is 4. The molecule has 5 heteroatoms. The van der Waals surface area contributed by atoms with Gasteiger partial charge < -0.3 is 4.74 Å². The smallest absolute Gasteiger partial charge is 0.0916 e. The Balaban J connectivity index is 2.96. The standard InChI is InChI=1S/C11H22N4O/c1-11(2,3)10(16-5)9(13-12)8-6-7-15(4)14-8/h6-7,9-10,13H,12H2,1-5H3. The third-order valence-electron chi connectivity index (χ3n) is 2.64. The molecule has 0 spiro atoms. The Morgan fingerprint density at radius 2 is 2.12 bits per heavy atom. The minimum atomic E-state index is -0.105. The lowest BCUT2D eigenvalue weighted by Crippen LogP contribution is -2.44. The van der Waals surface area contributed by atoms with Crippen molar-refractivity contribution in [2.24, 2.45) is 18.3 Å². The maximum absolute atomic E-state index is 5.61. The average molecular weight is 226 g/mol. The number of nitrogens with two attached hydrogens (primary N) is 1. The van der Waals surface area contributed by atoms with Gasteiger partial charge in [-0.05, 0) is 11.5 Å². The van der Waals surface area contributed by atoms with Crippen LogP contribution in [0.5, 0.6) is 0 Å². The first-order valence-corrected chi connectivity index (χ1v) is 5.38. The van der Waals surface area contributed by atoms with Gasteiger partial charge in [0.2, 0.25) is 0 Å². The first-order valence-electron chi connectivity index (χ1n) is 5.38. The van der Waals surface area contributed by atoms with Crippen molar-refractivity contribution in [1.82, 2.24) is 15.2 Å². The molecule has 0 aliphatic heterocycles. The van der Waals surface area contributed by atoms with E-state index in [0.29, 0.717) is 0 Å². The maximum Gasteiger partial charge on any atom is 0.0916 e. The highest BCUT2D eigenvalue weighted by Crippen LogP contribution is 2.31. The van der Waals surface area contributed by atoms with Gasteiger partial charge in [0.1, 0.15) is 0 Å².